The highest BCUT2D eigenvalue weighted by Gasteiger charge is 2.30. The monoisotopic (exact) mass is 249 g/mol. The van der Waals surface area contributed by atoms with Crippen molar-refractivity contribution in [3.63, 3.8) is 0 Å². The summed E-state index contributed by atoms with van der Waals surface area (Å²) in [5.41, 5.74) is 5.46. The molecule has 2 N–H and O–H groups in total. The van der Waals surface area contributed by atoms with Gasteiger partial charge in [0.15, 0.2) is 0 Å². The van der Waals surface area contributed by atoms with Crippen molar-refractivity contribution in [3.8, 4) is 0 Å². The molecule has 0 aliphatic heterocycles. The predicted molar refractivity (Wildman–Crippen MR) is 60.2 cm³/mol. The van der Waals surface area contributed by atoms with Gasteiger partial charge in [-0.2, -0.15) is 13.2 Å². The van der Waals surface area contributed by atoms with Crippen molar-refractivity contribution in [2.75, 3.05) is 11.6 Å². The van der Waals surface area contributed by atoms with Gasteiger partial charge in [0.05, 0.1) is 5.56 Å². The number of nitrogens with two attached hydrogens (primary N) is 1. The minimum Gasteiger partial charge on any atom is -0.398 e. The maximum absolute atomic E-state index is 12.3. The Bertz CT molecular complexity index is 385. The third-order valence-corrected chi connectivity index (χ3v) is 2.21. The zero-order valence-corrected chi connectivity index (χ0v) is 9.15. The molecular formula is C11H11ClF3N. The highest BCUT2D eigenvalue weighted by Crippen LogP contribution is 2.31. The van der Waals surface area contributed by atoms with E-state index in [-0.39, 0.29) is 5.69 Å². The quantitative estimate of drug-likeness (QED) is 0.637. The van der Waals surface area contributed by atoms with E-state index in [1.807, 2.05) is 0 Å². The molecule has 1 rings (SSSR count). The van der Waals surface area contributed by atoms with Crippen LogP contribution in [0.4, 0.5) is 18.9 Å². The van der Waals surface area contributed by atoms with E-state index in [1.165, 1.54) is 6.07 Å². The number of hydrogen-bond acceptors (Lipinski definition) is 1. The summed E-state index contributed by atoms with van der Waals surface area (Å²) in [5, 5.41) is 0. The normalized spacial score (nSPS) is 12.2. The van der Waals surface area contributed by atoms with Gasteiger partial charge in [0.25, 0.3) is 0 Å². The molecule has 1 aromatic rings. The molecule has 0 unspecified atom stereocenters. The highest BCUT2D eigenvalue weighted by molar-refractivity contribution is 6.17. The lowest BCUT2D eigenvalue weighted by Gasteiger charge is -2.08. The molecule has 0 fully saturated rings. The highest BCUT2D eigenvalue weighted by atomic mass is 35.5. The molecular weight excluding hydrogens is 239 g/mol. The Morgan fingerprint density at radius 1 is 1.31 bits per heavy atom. The average Bonchev–Trinajstić information content (AvgIpc) is 2.19. The van der Waals surface area contributed by atoms with Gasteiger partial charge >= 0.3 is 6.18 Å². The number of anilines is 1. The van der Waals surface area contributed by atoms with Crippen molar-refractivity contribution >= 4 is 23.4 Å². The molecule has 0 aliphatic carbocycles. The van der Waals surface area contributed by atoms with Gasteiger partial charge < -0.3 is 5.73 Å². The Hall–Kier alpha value is -1.16. The van der Waals surface area contributed by atoms with Crippen molar-refractivity contribution < 1.29 is 13.2 Å². The zero-order valence-electron chi connectivity index (χ0n) is 8.39. The number of halogens is 4. The van der Waals surface area contributed by atoms with Crippen molar-refractivity contribution in [1.29, 1.82) is 0 Å². The summed E-state index contributed by atoms with van der Waals surface area (Å²) in [7, 11) is 0. The van der Waals surface area contributed by atoms with E-state index in [1.54, 1.807) is 12.2 Å². The topological polar surface area (TPSA) is 26.0 Å². The molecule has 0 amide bonds. The zero-order chi connectivity index (χ0) is 12.2. The van der Waals surface area contributed by atoms with Crippen molar-refractivity contribution in [3.05, 3.63) is 35.4 Å². The summed E-state index contributed by atoms with van der Waals surface area (Å²) < 4.78 is 36.9. The number of benzene rings is 1. The van der Waals surface area contributed by atoms with Gasteiger partial charge in [-0.3, -0.25) is 0 Å². The summed E-state index contributed by atoms with van der Waals surface area (Å²) in [6, 6.07) is 3.29. The molecule has 0 atom stereocenters. The summed E-state index contributed by atoms with van der Waals surface area (Å²) >= 11 is 5.46. The lowest BCUT2D eigenvalue weighted by Crippen LogP contribution is -2.05. The second-order valence-corrected chi connectivity index (χ2v) is 3.60. The molecule has 0 heterocycles. The van der Waals surface area contributed by atoms with Crippen molar-refractivity contribution in [1.82, 2.24) is 0 Å². The third-order valence-electron chi connectivity index (χ3n) is 1.99. The second-order valence-electron chi connectivity index (χ2n) is 3.22. The van der Waals surface area contributed by atoms with E-state index in [2.05, 4.69) is 0 Å². The molecule has 0 aromatic heterocycles. The Balaban J connectivity index is 2.92. The number of alkyl halides is 4. The maximum Gasteiger partial charge on any atom is 0.416 e. The van der Waals surface area contributed by atoms with Crippen LogP contribution in [-0.4, -0.2) is 5.88 Å². The van der Waals surface area contributed by atoms with Crippen LogP contribution < -0.4 is 5.73 Å². The number of nitrogen functional groups attached to an aromatic ring is 1. The molecule has 0 saturated carbocycles. The van der Waals surface area contributed by atoms with Crippen LogP contribution in [0.2, 0.25) is 0 Å². The van der Waals surface area contributed by atoms with Crippen LogP contribution in [0.15, 0.2) is 24.3 Å². The second kappa shape index (κ2) is 5.25. The SMILES string of the molecule is Nc1cc(C(F)(F)F)ccc1C=CCCCl. The molecule has 88 valence electrons. The largest absolute Gasteiger partial charge is 0.416 e. The van der Waals surface area contributed by atoms with Crippen LogP contribution in [0.5, 0.6) is 0 Å². The third kappa shape index (κ3) is 3.45. The molecule has 5 heteroatoms. The summed E-state index contributed by atoms with van der Waals surface area (Å²) in [5.74, 6) is 0.469. The standard InChI is InChI=1S/C11H11ClF3N/c12-6-2-1-3-8-4-5-9(7-10(8)16)11(13,14)15/h1,3-5,7H,2,6,16H2. The summed E-state index contributed by atoms with van der Waals surface area (Å²) in [4.78, 5) is 0. The number of rotatable bonds is 3. The van der Waals surface area contributed by atoms with E-state index in [0.717, 1.165) is 12.1 Å². The lowest BCUT2D eigenvalue weighted by molar-refractivity contribution is -0.137. The van der Waals surface area contributed by atoms with E-state index in [0.29, 0.717) is 17.9 Å². The summed E-state index contributed by atoms with van der Waals surface area (Å²) in [6.45, 7) is 0. The van der Waals surface area contributed by atoms with Gasteiger partial charge in [-0.05, 0) is 24.1 Å². The first kappa shape index (κ1) is 12.9. The minimum atomic E-state index is -4.35. The van der Waals surface area contributed by atoms with Crippen LogP contribution in [-0.2, 0) is 6.18 Å². The fourth-order valence-electron chi connectivity index (χ4n) is 1.18. The first-order chi connectivity index (χ1) is 7.45. The number of allylic oxidation sites excluding steroid dienone is 1. The van der Waals surface area contributed by atoms with Crippen LogP contribution in [0.25, 0.3) is 6.08 Å². The Morgan fingerprint density at radius 3 is 2.50 bits per heavy atom. The Labute approximate surface area is 96.7 Å². The van der Waals surface area contributed by atoms with E-state index < -0.39 is 11.7 Å². The van der Waals surface area contributed by atoms with E-state index >= 15 is 0 Å². The van der Waals surface area contributed by atoms with E-state index in [9.17, 15) is 13.2 Å². The molecule has 1 nitrogen and oxygen atoms in total. The maximum atomic E-state index is 12.3. The first-order valence-electron chi connectivity index (χ1n) is 4.64. The summed E-state index contributed by atoms with van der Waals surface area (Å²) in [6.07, 6.45) is -0.266. The molecule has 16 heavy (non-hydrogen) atoms. The van der Waals surface area contributed by atoms with Gasteiger partial charge in [0, 0.05) is 11.6 Å². The first-order valence-corrected chi connectivity index (χ1v) is 5.18. The molecule has 0 bridgehead atoms. The number of hydrogen-bond donors (Lipinski definition) is 1. The molecule has 0 radical (unpaired) electrons. The molecule has 0 aliphatic rings. The Kier molecular flexibility index (Phi) is 4.24. The Morgan fingerprint density at radius 2 is 2.00 bits per heavy atom. The van der Waals surface area contributed by atoms with Gasteiger partial charge in [0.2, 0.25) is 0 Å². The van der Waals surface area contributed by atoms with E-state index in [4.69, 9.17) is 17.3 Å². The average molecular weight is 250 g/mol. The molecule has 0 saturated heterocycles. The molecule has 0 spiro atoms. The van der Waals surface area contributed by atoms with Crippen molar-refractivity contribution in [2.45, 2.75) is 12.6 Å². The van der Waals surface area contributed by atoms with Crippen LogP contribution in [0, 0.1) is 0 Å². The van der Waals surface area contributed by atoms with Gasteiger partial charge in [0.1, 0.15) is 0 Å². The molecule has 1 aromatic carbocycles. The lowest BCUT2D eigenvalue weighted by atomic mass is 10.1. The van der Waals surface area contributed by atoms with Gasteiger partial charge in [-0.1, -0.05) is 18.2 Å². The smallest absolute Gasteiger partial charge is 0.398 e. The van der Waals surface area contributed by atoms with Crippen LogP contribution >= 0.6 is 11.6 Å². The van der Waals surface area contributed by atoms with Crippen LogP contribution in [0.3, 0.4) is 0 Å². The minimum absolute atomic E-state index is 0.112. The van der Waals surface area contributed by atoms with Crippen molar-refractivity contribution in [2.24, 2.45) is 0 Å². The fourth-order valence-corrected chi connectivity index (χ4v) is 1.30. The van der Waals surface area contributed by atoms with Gasteiger partial charge in [-0.15, -0.1) is 11.6 Å². The fraction of sp³-hybridized carbons (Fsp3) is 0.273. The predicted octanol–water partition coefficient (Wildman–Crippen LogP) is 3.93. The van der Waals surface area contributed by atoms with Crippen LogP contribution in [0.1, 0.15) is 17.5 Å². The van der Waals surface area contributed by atoms with Gasteiger partial charge in [-0.25, -0.2) is 0 Å².